The second-order valence-electron chi connectivity index (χ2n) is 6.41. The van der Waals surface area contributed by atoms with Gasteiger partial charge in [-0.2, -0.15) is 5.26 Å². The molecule has 0 radical (unpaired) electrons. The average molecular weight is 359 g/mol. The number of nitrogens with one attached hydrogen (secondary N) is 1. The van der Waals surface area contributed by atoms with Gasteiger partial charge in [0.25, 0.3) is 5.91 Å². The van der Waals surface area contributed by atoms with Gasteiger partial charge in [-0.25, -0.2) is 0 Å². The summed E-state index contributed by atoms with van der Waals surface area (Å²) in [5.41, 5.74) is 2.57. The van der Waals surface area contributed by atoms with E-state index in [2.05, 4.69) is 11.4 Å². The first-order chi connectivity index (χ1) is 13.1. The third-order valence-electron chi connectivity index (χ3n) is 4.46. The van der Waals surface area contributed by atoms with Crippen molar-refractivity contribution in [3.8, 4) is 17.2 Å². The van der Waals surface area contributed by atoms with E-state index in [9.17, 15) is 10.1 Å². The highest BCUT2D eigenvalue weighted by molar-refractivity contribution is 6.01. The smallest absolute Gasteiger partial charge is 0.251 e. The summed E-state index contributed by atoms with van der Waals surface area (Å²) in [7, 11) is 3.88. The van der Waals surface area contributed by atoms with Crippen molar-refractivity contribution in [3.05, 3.63) is 83.8 Å². The van der Waals surface area contributed by atoms with Crippen LogP contribution in [-0.2, 0) is 0 Å². The molecule has 5 heteroatoms. The van der Waals surface area contributed by atoms with Crippen LogP contribution in [0.4, 0.5) is 0 Å². The SMILES string of the molecule is CN(C)C(CNC(=O)c1ccccc1-c1ccccc1C#N)c1ccco1. The molecular weight excluding hydrogens is 338 g/mol. The summed E-state index contributed by atoms with van der Waals surface area (Å²) < 4.78 is 5.49. The first-order valence-electron chi connectivity index (χ1n) is 8.68. The van der Waals surface area contributed by atoms with Gasteiger partial charge in [-0.15, -0.1) is 0 Å². The predicted molar refractivity (Wildman–Crippen MR) is 104 cm³/mol. The minimum absolute atomic E-state index is 0.0671. The fourth-order valence-electron chi connectivity index (χ4n) is 3.03. The zero-order chi connectivity index (χ0) is 19.2. The van der Waals surface area contributed by atoms with Gasteiger partial charge in [0.05, 0.1) is 23.9 Å². The van der Waals surface area contributed by atoms with Crippen LogP contribution in [0, 0.1) is 11.3 Å². The number of hydrogen-bond acceptors (Lipinski definition) is 4. The molecule has 1 unspecified atom stereocenters. The van der Waals surface area contributed by atoms with Crippen LogP contribution in [0.25, 0.3) is 11.1 Å². The predicted octanol–water partition coefficient (Wildman–Crippen LogP) is 3.85. The van der Waals surface area contributed by atoms with Gasteiger partial charge in [0.2, 0.25) is 0 Å². The lowest BCUT2D eigenvalue weighted by Gasteiger charge is -2.23. The molecule has 1 heterocycles. The number of furan rings is 1. The van der Waals surface area contributed by atoms with Crippen molar-refractivity contribution in [1.82, 2.24) is 10.2 Å². The van der Waals surface area contributed by atoms with Crippen molar-refractivity contribution in [1.29, 1.82) is 5.26 Å². The summed E-state index contributed by atoms with van der Waals surface area (Å²) in [4.78, 5) is 14.9. The molecule has 0 spiro atoms. The van der Waals surface area contributed by atoms with Gasteiger partial charge in [0.15, 0.2) is 0 Å². The molecule has 3 aromatic rings. The maximum atomic E-state index is 12.9. The largest absolute Gasteiger partial charge is 0.468 e. The maximum absolute atomic E-state index is 12.9. The van der Waals surface area contributed by atoms with Crippen LogP contribution in [0.1, 0.15) is 27.7 Å². The van der Waals surface area contributed by atoms with E-state index in [1.54, 1.807) is 18.4 Å². The average Bonchev–Trinajstić information content (AvgIpc) is 3.22. The minimum Gasteiger partial charge on any atom is -0.468 e. The number of nitrogens with zero attached hydrogens (tertiary/aromatic N) is 2. The van der Waals surface area contributed by atoms with Crippen molar-refractivity contribution in [2.75, 3.05) is 20.6 Å². The molecule has 0 fully saturated rings. The highest BCUT2D eigenvalue weighted by Gasteiger charge is 2.20. The van der Waals surface area contributed by atoms with Crippen LogP contribution >= 0.6 is 0 Å². The van der Waals surface area contributed by atoms with Gasteiger partial charge in [-0.1, -0.05) is 36.4 Å². The molecule has 27 heavy (non-hydrogen) atoms. The van der Waals surface area contributed by atoms with Crippen LogP contribution in [0.3, 0.4) is 0 Å². The van der Waals surface area contributed by atoms with E-state index in [4.69, 9.17) is 4.42 Å². The lowest BCUT2D eigenvalue weighted by molar-refractivity contribution is 0.0939. The van der Waals surface area contributed by atoms with Crippen LogP contribution < -0.4 is 5.32 Å². The molecule has 5 nitrogen and oxygen atoms in total. The number of hydrogen-bond donors (Lipinski definition) is 1. The molecule has 3 rings (SSSR count). The highest BCUT2D eigenvalue weighted by Crippen LogP contribution is 2.27. The first-order valence-corrected chi connectivity index (χ1v) is 8.68. The number of rotatable bonds is 6. The van der Waals surface area contributed by atoms with E-state index in [1.807, 2.05) is 67.5 Å². The quantitative estimate of drug-likeness (QED) is 0.726. The first kappa shape index (κ1) is 18.4. The van der Waals surface area contributed by atoms with Crippen LogP contribution in [-0.4, -0.2) is 31.4 Å². The zero-order valence-corrected chi connectivity index (χ0v) is 15.3. The molecule has 0 aliphatic carbocycles. The Bertz CT molecular complexity index is 956. The van der Waals surface area contributed by atoms with Crippen LogP contribution in [0.5, 0.6) is 0 Å². The zero-order valence-electron chi connectivity index (χ0n) is 15.3. The van der Waals surface area contributed by atoms with Crippen molar-refractivity contribution < 1.29 is 9.21 Å². The summed E-state index contributed by atoms with van der Waals surface area (Å²) >= 11 is 0. The summed E-state index contributed by atoms with van der Waals surface area (Å²) in [6, 6.07) is 20.5. The van der Waals surface area contributed by atoms with Crippen molar-refractivity contribution >= 4 is 5.91 Å². The highest BCUT2D eigenvalue weighted by atomic mass is 16.3. The van der Waals surface area contributed by atoms with Gasteiger partial charge < -0.3 is 9.73 Å². The molecule has 0 bridgehead atoms. The topological polar surface area (TPSA) is 69.3 Å². The number of benzene rings is 2. The Labute approximate surface area is 158 Å². The Kier molecular flexibility index (Phi) is 5.70. The number of carbonyl (C=O) groups is 1. The molecule has 1 N–H and O–H groups in total. The second kappa shape index (κ2) is 8.35. The Balaban J connectivity index is 1.85. The van der Waals surface area contributed by atoms with E-state index in [-0.39, 0.29) is 11.9 Å². The number of carbonyl (C=O) groups excluding carboxylic acids is 1. The van der Waals surface area contributed by atoms with E-state index >= 15 is 0 Å². The Morgan fingerprint density at radius 2 is 1.78 bits per heavy atom. The monoisotopic (exact) mass is 359 g/mol. The minimum atomic E-state index is -0.184. The molecule has 0 aliphatic heterocycles. The molecular formula is C22H21N3O2. The van der Waals surface area contributed by atoms with Crippen molar-refractivity contribution in [2.45, 2.75) is 6.04 Å². The standard InChI is InChI=1S/C22H21N3O2/c1-25(2)20(21-12-7-13-27-21)15-24-22(26)19-11-6-5-10-18(19)17-9-4-3-8-16(17)14-23/h3-13,20H,15H2,1-2H3,(H,24,26). The molecule has 0 saturated heterocycles. The molecule has 2 aromatic carbocycles. The molecule has 1 amide bonds. The Morgan fingerprint density at radius 3 is 2.44 bits per heavy atom. The fraction of sp³-hybridized carbons (Fsp3) is 0.182. The third-order valence-corrected chi connectivity index (χ3v) is 4.46. The summed E-state index contributed by atoms with van der Waals surface area (Å²) in [5, 5.41) is 12.4. The summed E-state index contributed by atoms with van der Waals surface area (Å²) in [6.45, 7) is 0.410. The lowest BCUT2D eigenvalue weighted by Crippen LogP contribution is -2.34. The lowest BCUT2D eigenvalue weighted by atomic mass is 9.95. The number of amides is 1. The number of nitriles is 1. The van der Waals surface area contributed by atoms with Crippen LogP contribution in [0.15, 0.2) is 71.3 Å². The van der Waals surface area contributed by atoms with E-state index in [1.165, 1.54) is 0 Å². The molecule has 1 aromatic heterocycles. The third kappa shape index (κ3) is 4.08. The normalized spacial score (nSPS) is 11.8. The summed E-state index contributed by atoms with van der Waals surface area (Å²) in [5.74, 6) is 0.611. The van der Waals surface area contributed by atoms with Crippen molar-refractivity contribution in [2.24, 2.45) is 0 Å². The molecule has 136 valence electrons. The maximum Gasteiger partial charge on any atom is 0.251 e. The number of likely N-dealkylation sites (N-methyl/N-ethyl adjacent to an activating group) is 1. The molecule has 0 saturated carbocycles. The summed E-state index contributed by atoms with van der Waals surface area (Å²) in [6.07, 6.45) is 1.63. The van der Waals surface area contributed by atoms with E-state index in [0.29, 0.717) is 17.7 Å². The van der Waals surface area contributed by atoms with Gasteiger partial charge in [0.1, 0.15) is 5.76 Å². The van der Waals surface area contributed by atoms with Gasteiger partial charge in [-0.05, 0) is 43.9 Å². The van der Waals surface area contributed by atoms with Gasteiger partial charge >= 0.3 is 0 Å². The van der Waals surface area contributed by atoms with Gasteiger partial charge in [0, 0.05) is 17.7 Å². The van der Waals surface area contributed by atoms with Gasteiger partial charge in [-0.3, -0.25) is 9.69 Å². The Morgan fingerprint density at radius 1 is 1.07 bits per heavy atom. The van der Waals surface area contributed by atoms with Crippen LogP contribution in [0.2, 0.25) is 0 Å². The molecule has 1 atom stereocenters. The second-order valence-corrected chi connectivity index (χ2v) is 6.41. The van der Waals surface area contributed by atoms with E-state index < -0.39 is 0 Å². The van der Waals surface area contributed by atoms with E-state index in [0.717, 1.165) is 16.9 Å². The fourth-order valence-corrected chi connectivity index (χ4v) is 3.03. The molecule has 0 aliphatic rings. The van der Waals surface area contributed by atoms with Crippen molar-refractivity contribution in [3.63, 3.8) is 0 Å². The Hall–Kier alpha value is -3.36.